The highest BCUT2D eigenvalue weighted by molar-refractivity contribution is 6.36. The maximum absolute atomic E-state index is 13.4. The fourth-order valence-electron chi connectivity index (χ4n) is 0.945. The van der Waals surface area contributed by atoms with Gasteiger partial charge in [0, 0.05) is 5.02 Å². The standard InChI is InChI=1S/C9H7Cl2FO2.C2H6/c1-4-6(10)3-5(9(13)14-2)8(12)7(4)11;1-2/h3H,1-2H3;1-2H3. The number of carbonyl (C=O) groups excluding carboxylic acids is 1. The molecule has 0 N–H and O–H groups in total. The van der Waals surface area contributed by atoms with Gasteiger partial charge in [0.25, 0.3) is 0 Å². The van der Waals surface area contributed by atoms with E-state index >= 15 is 0 Å². The molecular weight excluding hydrogens is 254 g/mol. The first-order valence-corrected chi connectivity index (χ1v) is 5.47. The number of esters is 1. The summed E-state index contributed by atoms with van der Waals surface area (Å²) >= 11 is 11.4. The predicted octanol–water partition coefficient (Wildman–Crippen LogP) is 4.25. The zero-order chi connectivity index (χ0) is 12.9. The molecule has 0 aliphatic rings. The zero-order valence-electron chi connectivity index (χ0n) is 9.53. The molecule has 5 heteroatoms. The molecule has 0 fully saturated rings. The quantitative estimate of drug-likeness (QED) is 0.561. The Labute approximate surface area is 104 Å². The topological polar surface area (TPSA) is 26.3 Å². The number of methoxy groups -OCH3 is 1. The Morgan fingerprint density at radius 3 is 2.31 bits per heavy atom. The third-order valence-corrected chi connectivity index (χ3v) is 2.63. The Balaban J connectivity index is 0.00000106. The maximum Gasteiger partial charge on any atom is 0.340 e. The lowest BCUT2D eigenvalue weighted by Gasteiger charge is -2.06. The average Bonchev–Trinajstić information content (AvgIpc) is 2.32. The van der Waals surface area contributed by atoms with Crippen LogP contribution >= 0.6 is 23.2 Å². The van der Waals surface area contributed by atoms with E-state index in [4.69, 9.17) is 23.2 Å². The minimum absolute atomic E-state index is 0.155. The minimum Gasteiger partial charge on any atom is -0.465 e. The van der Waals surface area contributed by atoms with Crippen LogP contribution < -0.4 is 0 Å². The van der Waals surface area contributed by atoms with Crippen LogP contribution in [0.3, 0.4) is 0 Å². The number of hydrogen-bond donors (Lipinski definition) is 0. The molecule has 0 bridgehead atoms. The normalized spacial score (nSPS) is 9.19. The van der Waals surface area contributed by atoms with E-state index in [0.717, 1.165) is 7.11 Å². The first-order valence-electron chi connectivity index (χ1n) is 4.71. The molecule has 0 spiro atoms. The molecular formula is C11H13Cl2FO2. The lowest BCUT2D eigenvalue weighted by Crippen LogP contribution is -2.05. The molecule has 1 rings (SSSR count). The van der Waals surface area contributed by atoms with Gasteiger partial charge in [0.15, 0.2) is 5.82 Å². The Hall–Kier alpha value is -0.800. The second kappa shape index (κ2) is 6.71. The van der Waals surface area contributed by atoms with Crippen molar-refractivity contribution in [1.29, 1.82) is 0 Å². The maximum atomic E-state index is 13.4. The van der Waals surface area contributed by atoms with E-state index in [1.54, 1.807) is 6.92 Å². The number of halogens is 3. The molecule has 0 aliphatic heterocycles. The van der Waals surface area contributed by atoms with Gasteiger partial charge in [0.1, 0.15) is 0 Å². The van der Waals surface area contributed by atoms with Crippen molar-refractivity contribution in [3.8, 4) is 0 Å². The number of rotatable bonds is 1. The second-order valence-electron chi connectivity index (χ2n) is 2.65. The third-order valence-electron chi connectivity index (χ3n) is 1.79. The fraction of sp³-hybridized carbons (Fsp3) is 0.364. The molecule has 1 aromatic carbocycles. The van der Waals surface area contributed by atoms with Crippen molar-refractivity contribution in [2.24, 2.45) is 0 Å². The summed E-state index contributed by atoms with van der Waals surface area (Å²) in [4.78, 5) is 11.1. The summed E-state index contributed by atoms with van der Waals surface area (Å²) in [5.74, 6) is -1.60. The summed E-state index contributed by atoms with van der Waals surface area (Å²) in [5.41, 5.74) is 0.145. The zero-order valence-corrected chi connectivity index (χ0v) is 11.0. The first-order chi connectivity index (χ1) is 7.49. The third kappa shape index (κ3) is 3.09. The molecule has 0 amide bonds. The van der Waals surface area contributed by atoms with Crippen molar-refractivity contribution < 1.29 is 13.9 Å². The summed E-state index contributed by atoms with van der Waals surface area (Å²) in [6, 6.07) is 1.20. The Bertz CT molecular complexity index is 392. The largest absolute Gasteiger partial charge is 0.465 e. The molecule has 1 aromatic rings. The molecule has 0 radical (unpaired) electrons. The summed E-state index contributed by atoms with van der Waals surface area (Å²) in [7, 11) is 1.16. The first kappa shape index (κ1) is 15.2. The molecule has 0 saturated carbocycles. The number of benzene rings is 1. The van der Waals surface area contributed by atoms with Gasteiger partial charge in [-0.05, 0) is 18.6 Å². The minimum atomic E-state index is -0.805. The van der Waals surface area contributed by atoms with Gasteiger partial charge in [0.2, 0.25) is 0 Å². The number of hydrogen-bond acceptors (Lipinski definition) is 2. The van der Waals surface area contributed by atoms with E-state index in [-0.39, 0.29) is 15.6 Å². The van der Waals surface area contributed by atoms with Gasteiger partial charge < -0.3 is 4.74 Å². The number of carbonyl (C=O) groups is 1. The molecule has 0 saturated heterocycles. The molecule has 0 unspecified atom stereocenters. The smallest absolute Gasteiger partial charge is 0.340 e. The summed E-state index contributed by atoms with van der Waals surface area (Å²) in [6.07, 6.45) is 0. The Morgan fingerprint density at radius 2 is 1.88 bits per heavy atom. The molecule has 90 valence electrons. The van der Waals surface area contributed by atoms with Gasteiger partial charge in [-0.15, -0.1) is 0 Å². The Kier molecular flexibility index (Phi) is 6.38. The summed E-state index contributed by atoms with van der Waals surface area (Å²) in [6.45, 7) is 5.56. The highest BCUT2D eigenvalue weighted by atomic mass is 35.5. The van der Waals surface area contributed by atoms with Crippen LogP contribution in [0.4, 0.5) is 4.39 Å². The van der Waals surface area contributed by atoms with Gasteiger partial charge in [-0.2, -0.15) is 0 Å². The highest BCUT2D eigenvalue weighted by Crippen LogP contribution is 2.29. The van der Waals surface area contributed by atoms with Crippen molar-refractivity contribution in [3.63, 3.8) is 0 Å². The monoisotopic (exact) mass is 266 g/mol. The van der Waals surface area contributed by atoms with E-state index in [1.165, 1.54) is 6.07 Å². The van der Waals surface area contributed by atoms with Crippen LogP contribution in [0.5, 0.6) is 0 Å². The lowest BCUT2D eigenvalue weighted by atomic mass is 10.1. The van der Waals surface area contributed by atoms with Crippen molar-refractivity contribution >= 4 is 29.2 Å². The van der Waals surface area contributed by atoms with E-state index < -0.39 is 11.8 Å². The molecule has 0 atom stereocenters. The Morgan fingerprint density at radius 1 is 1.38 bits per heavy atom. The van der Waals surface area contributed by atoms with Crippen LogP contribution in [0, 0.1) is 12.7 Å². The van der Waals surface area contributed by atoms with E-state index in [0.29, 0.717) is 5.56 Å². The van der Waals surface area contributed by atoms with Gasteiger partial charge in [0.05, 0.1) is 17.7 Å². The lowest BCUT2D eigenvalue weighted by molar-refractivity contribution is 0.0595. The molecule has 2 nitrogen and oxygen atoms in total. The average molecular weight is 267 g/mol. The van der Waals surface area contributed by atoms with Gasteiger partial charge in [-0.3, -0.25) is 0 Å². The summed E-state index contributed by atoms with van der Waals surface area (Å²) in [5, 5.41) is 0.0784. The second-order valence-corrected chi connectivity index (χ2v) is 3.44. The van der Waals surface area contributed by atoms with E-state index in [1.807, 2.05) is 13.8 Å². The van der Waals surface area contributed by atoms with Crippen LogP contribution in [0.25, 0.3) is 0 Å². The molecule has 0 aromatic heterocycles. The van der Waals surface area contributed by atoms with Gasteiger partial charge in [-0.1, -0.05) is 37.0 Å². The molecule has 0 heterocycles. The van der Waals surface area contributed by atoms with Crippen LogP contribution in [0.15, 0.2) is 6.07 Å². The SMILES string of the molecule is CC.COC(=O)c1cc(Cl)c(C)c(Cl)c1F. The fourth-order valence-corrected chi connectivity index (χ4v) is 1.40. The van der Waals surface area contributed by atoms with Crippen LogP contribution in [-0.4, -0.2) is 13.1 Å². The number of ether oxygens (including phenoxy) is 1. The van der Waals surface area contributed by atoms with Crippen LogP contribution in [-0.2, 0) is 4.74 Å². The van der Waals surface area contributed by atoms with Crippen molar-refractivity contribution in [1.82, 2.24) is 0 Å². The molecule has 16 heavy (non-hydrogen) atoms. The van der Waals surface area contributed by atoms with Crippen LogP contribution in [0.2, 0.25) is 10.0 Å². The highest BCUT2D eigenvalue weighted by Gasteiger charge is 2.18. The van der Waals surface area contributed by atoms with Crippen LogP contribution in [0.1, 0.15) is 29.8 Å². The van der Waals surface area contributed by atoms with Crippen molar-refractivity contribution in [2.45, 2.75) is 20.8 Å². The predicted molar refractivity (Wildman–Crippen MR) is 63.8 cm³/mol. The van der Waals surface area contributed by atoms with E-state index in [9.17, 15) is 9.18 Å². The van der Waals surface area contributed by atoms with Crippen molar-refractivity contribution in [3.05, 3.63) is 33.1 Å². The molecule has 0 aliphatic carbocycles. The van der Waals surface area contributed by atoms with Crippen molar-refractivity contribution in [2.75, 3.05) is 7.11 Å². The summed E-state index contributed by atoms with van der Waals surface area (Å²) < 4.78 is 17.8. The van der Waals surface area contributed by atoms with Gasteiger partial charge >= 0.3 is 5.97 Å². The van der Waals surface area contributed by atoms with Gasteiger partial charge in [-0.25, -0.2) is 9.18 Å². The van der Waals surface area contributed by atoms with E-state index in [2.05, 4.69) is 4.74 Å².